The van der Waals surface area contributed by atoms with Gasteiger partial charge >= 0.3 is 0 Å². The molecule has 0 bridgehead atoms. The lowest BCUT2D eigenvalue weighted by atomic mass is 10.3. The minimum atomic E-state index is -4.05. The van der Waals surface area contributed by atoms with Gasteiger partial charge < -0.3 is 5.32 Å². The molecule has 1 amide bonds. The summed E-state index contributed by atoms with van der Waals surface area (Å²) in [5, 5.41) is 3.66. The Bertz CT molecular complexity index is 1170. The number of benzene rings is 3. The topological polar surface area (TPSA) is 66.5 Å². The minimum Gasteiger partial charge on any atom is -0.354 e. The molecule has 0 aliphatic rings. The van der Waals surface area contributed by atoms with Crippen LogP contribution in [0.25, 0.3) is 0 Å². The Morgan fingerprint density at radius 1 is 0.906 bits per heavy atom. The maximum atomic E-state index is 13.3. The van der Waals surface area contributed by atoms with Crippen LogP contribution in [0.15, 0.2) is 82.6 Å². The van der Waals surface area contributed by atoms with Gasteiger partial charge in [0, 0.05) is 22.2 Å². The maximum absolute atomic E-state index is 13.3. The molecule has 32 heavy (non-hydrogen) atoms. The van der Waals surface area contributed by atoms with Crippen molar-refractivity contribution in [3.63, 3.8) is 0 Å². The van der Waals surface area contributed by atoms with Crippen molar-refractivity contribution in [2.45, 2.75) is 9.79 Å². The molecule has 0 heterocycles. The minimum absolute atomic E-state index is 0.0436. The zero-order chi connectivity index (χ0) is 23.1. The zero-order valence-corrected chi connectivity index (χ0v) is 20.6. The summed E-state index contributed by atoms with van der Waals surface area (Å²) >= 11 is 19.8. The van der Waals surface area contributed by atoms with Gasteiger partial charge in [-0.25, -0.2) is 8.42 Å². The number of anilines is 1. The number of amides is 1. The Morgan fingerprint density at radius 2 is 1.59 bits per heavy atom. The highest BCUT2D eigenvalue weighted by molar-refractivity contribution is 7.99. The fourth-order valence-electron chi connectivity index (χ4n) is 2.78. The van der Waals surface area contributed by atoms with Gasteiger partial charge in [-0.1, -0.05) is 59.1 Å². The second-order valence-corrected chi connectivity index (χ2v) is 10.8. The number of hydrogen-bond donors (Lipinski definition) is 1. The lowest BCUT2D eigenvalue weighted by molar-refractivity contribution is -0.119. The average Bonchev–Trinajstić information content (AvgIpc) is 2.79. The van der Waals surface area contributed by atoms with E-state index in [4.69, 9.17) is 34.8 Å². The highest BCUT2D eigenvalue weighted by Crippen LogP contribution is 2.35. The Labute approximate surface area is 206 Å². The van der Waals surface area contributed by atoms with Crippen LogP contribution in [0.5, 0.6) is 0 Å². The van der Waals surface area contributed by atoms with Crippen LogP contribution in [0.3, 0.4) is 0 Å². The second-order valence-electron chi connectivity index (χ2n) is 6.55. The van der Waals surface area contributed by atoms with Crippen molar-refractivity contribution < 1.29 is 13.2 Å². The van der Waals surface area contributed by atoms with Crippen LogP contribution in [0.2, 0.25) is 15.1 Å². The average molecular weight is 530 g/mol. The molecule has 0 aromatic heterocycles. The van der Waals surface area contributed by atoms with Gasteiger partial charge in [-0.05, 0) is 48.5 Å². The van der Waals surface area contributed by atoms with Crippen molar-refractivity contribution in [2.75, 3.05) is 23.1 Å². The molecule has 10 heteroatoms. The SMILES string of the molecule is O=C(CN(c1cccc(Cl)c1Cl)S(=O)(=O)c1ccccc1)NCCSc1ccc(Cl)cc1. The summed E-state index contributed by atoms with van der Waals surface area (Å²) in [5.41, 5.74) is 0.133. The first kappa shape index (κ1) is 24.7. The number of sulfonamides is 1. The first-order valence-electron chi connectivity index (χ1n) is 9.46. The molecule has 0 unspecified atom stereocenters. The molecule has 0 saturated carbocycles. The van der Waals surface area contributed by atoms with Crippen molar-refractivity contribution in [1.29, 1.82) is 0 Å². The number of nitrogens with one attached hydrogen (secondary N) is 1. The van der Waals surface area contributed by atoms with Gasteiger partial charge in [-0.15, -0.1) is 11.8 Å². The molecule has 3 rings (SSSR count). The van der Waals surface area contributed by atoms with E-state index in [0.29, 0.717) is 17.3 Å². The molecule has 0 radical (unpaired) electrons. The molecule has 0 aliphatic heterocycles. The van der Waals surface area contributed by atoms with Crippen LogP contribution < -0.4 is 9.62 Å². The fourth-order valence-corrected chi connectivity index (χ4v) is 5.58. The van der Waals surface area contributed by atoms with Crippen molar-refractivity contribution >= 4 is 68.2 Å². The van der Waals surface area contributed by atoms with Gasteiger partial charge in [0.2, 0.25) is 5.91 Å². The molecule has 0 aliphatic carbocycles. The standard InChI is InChI=1S/C22H19Cl3N2O3S2/c23-16-9-11-17(12-10-16)31-14-13-26-21(28)15-27(20-8-4-7-19(24)22(20)25)32(29,30)18-5-2-1-3-6-18/h1-12H,13-15H2,(H,26,28). The highest BCUT2D eigenvalue weighted by atomic mass is 35.5. The summed E-state index contributed by atoms with van der Waals surface area (Å²) in [7, 11) is -4.05. The van der Waals surface area contributed by atoms with E-state index >= 15 is 0 Å². The van der Waals surface area contributed by atoms with Gasteiger partial charge in [-0.2, -0.15) is 0 Å². The quantitative estimate of drug-likeness (QED) is 0.283. The molecule has 168 valence electrons. The van der Waals surface area contributed by atoms with Crippen LogP contribution in [0.4, 0.5) is 5.69 Å². The van der Waals surface area contributed by atoms with E-state index in [2.05, 4.69) is 5.32 Å². The summed E-state index contributed by atoms with van der Waals surface area (Å²) in [5.74, 6) is 0.147. The molecule has 0 fully saturated rings. The van der Waals surface area contributed by atoms with Crippen molar-refractivity contribution in [2.24, 2.45) is 0 Å². The van der Waals surface area contributed by atoms with Crippen molar-refractivity contribution in [3.05, 3.63) is 87.9 Å². The van der Waals surface area contributed by atoms with Crippen LogP contribution in [0.1, 0.15) is 0 Å². The monoisotopic (exact) mass is 528 g/mol. The predicted molar refractivity (Wildman–Crippen MR) is 133 cm³/mol. The predicted octanol–water partition coefficient (Wildman–Crippen LogP) is 5.75. The van der Waals surface area contributed by atoms with Crippen molar-refractivity contribution in [3.8, 4) is 0 Å². The van der Waals surface area contributed by atoms with Crippen LogP contribution >= 0.6 is 46.6 Å². The van der Waals surface area contributed by atoms with Gasteiger partial charge in [0.05, 0.1) is 20.6 Å². The number of carbonyl (C=O) groups excluding carboxylic acids is 1. The van der Waals surface area contributed by atoms with Gasteiger partial charge in [0.1, 0.15) is 6.54 Å². The van der Waals surface area contributed by atoms with Gasteiger partial charge in [-0.3, -0.25) is 9.10 Å². The Hall–Kier alpha value is -1.90. The first-order chi connectivity index (χ1) is 15.3. The summed E-state index contributed by atoms with van der Waals surface area (Å²) in [6, 6.07) is 19.9. The molecule has 1 N–H and O–H groups in total. The van der Waals surface area contributed by atoms with Crippen molar-refractivity contribution in [1.82, 2.24) is 5.32 Å². The number of thioether (sulfide) groups is 1. The Morgan fingerprint density at radius 3 is 2.28 bits per heavy atom. The normalized spacial score (nSPS) is 11.2. The van der Waals surface area contributed by atoms with E-state index in [-0.39, 0.29) is 20.6 Å². The van der Waals surface area contributed by atoms with E-state index in [1.54, 1.807) is 54.2 Å². The molecule has 0 spiro atoms. The first-order valence-corrected chi connectivity index (χ1v) is 13.0. The third-order valence-electron chi connectivity index (χ3n) is 4.32. The van der Waals surface area contributed by atoms with Gasteiger partial charge in [0.15, 0.2) is 0 Å². The third kappa shape index (κ3) is 6.33. The summed E-state index contributed by atoms with van der Waals surface area (Å²) in [6.45, 7) is -0.0858. The van der Waals surface area contributed by atoms with Crippen LogP contribution in [-0.2, 0) is 14.8 Å². The number of halogens is 3. The molecule has 0 saturated heterocycles. The molecule has 3 aromatic rings. The maximum Gasteiger partial charge on any atom is 0.264 e. The summed E-state index contributed by atoms with van der Waals surface area (Å²) < 4.78 is 27.6. The Kier molecular flexibility index (Phi) is 8.73. The largest absolute Gasteiger partial charge is 0.354 e. The third-order valence-corrected chi connectivity index (χ3v) is 8.17. The number of rotatable bonds is 9. The fraction of sp³-hybridized carbons (Fsp3) is 0.136. The number of nitrogens with zero attached hydrogens (tertiary/aromatic N) is 1. The molecule has 0 atom stereocenters. The zero-order valence-electron chi connectivity index (χ0n) is 16.7. The lowest BCUT2D eigenvalue weighted by Crippen LogP contribution is -2.41. The lowest BCUT2D eigenvalue weighted by Gasteiger charge is -2.25. The van der Waals surface area contributed by atoms with E-state index in [1.165, 1.54) is 18.2 Å². The number of carbonyl (C=O) groups is 1. The van der Waals surface area contributed by atoms with Crippen LogP contribution in [-0.4, -0.2) is 33.2 Å². The molecule has 5 nitrogen and oxygen atoms in total. The smallest absolute Gasteiger partial charge is 0.264 e. The number of hydrogen-bond acceptors (Lipinski definition) is 4. The molecular weight excluding hydrogens is 511 g/mol. The van der Waals surface area contributed by atoms with Crippen LogP contribution in [0, 0.1) is 0 Å². The Balaban J connectivity index is 1.73. The van der Waals surface area contributed by atoms with E-state index < -0.39 is 22.5 Å². The van der Waals surface area contributed by atoms with E-state index in [1.807, 2.05) is 12.1 Å². The highest BCUT2D eigenvalue weighted by Gasteiger charge is 2.29. The van der Waals surface area contributed by atoms with Gasteiger partial charge in [0.25, 0.3) is 10.0 Å². The molecule has 3 aromatic carbocycles. The second kappa shape index (κ2) is 11.3. The molecular formula is C22H19Cl3N2O3S2. The van der Waals surface area contributed by atoms with E-state index in [0.717, 1.165) is 9.20 Å². The van der Waals surface area contributed by atoms with E-state index in [9.17, 15) is 13.2 Å². The summed E-state index contributed by atoms with van der Waals surface area (Å²) in [4.78, 5) is 13.7. The summed E-state index contributed by atoms with van der Waals surface area (Å²) in [6.07, 6.45) is 0.